The average molecular weight is 428 g/mol. The van der Waals surface area contributed by atoms with Crippen LogP contribution in [0.3, 0.4) is 0 Å². The summed E-state index contributed by atoms with van der Waals surface area (Å²) in [5.74, 6) is 0.0683. The Balaban J connectivity index is 2.03. The largest absolute Gasteiger partial charge is 0.300 e. The summed E-state index contributed by atoms with van der Waals surface area (Å²) in [7, 11) is 1.74. The van der Waals surface area contributed by atoms with Crippen molar-refractivity contribution >= 4 is 49.0 Å². The number of benzene rings is 2. The van der Waals surface area contributed by atoms with Gasteiger partial charge in [0.1, 0.15) is 10.7 Å². The first-order valence-corrected chi connectivity index (χ1v) is 10.5. The van der Waals surface area contributed by atoms with E-state index in [0.29, 0.717) is 12.8 Å². The van der Waals surface area contributed by atoms with E-state index in [0.717, 1.165) is 22.3 Å². The van der Waals surface area contributed by atoms with Gasteiger partial charge in [-0.25, -0.2) is 0 Å². The van der Waals surface area contributed by atoms with Gasteiger partial charge in [0.25, 0.3) is 0 Å². The van der Waals surface area contributed by atoms with Crippen LogP contribution in [0.2, 0.25) is 0 Å². The van der Waals surface area contributed by atoms with Crippen LogP contribution in [0.4, 0.5) is 0 Å². The van der Waals surface area contributed by atoms with Crippen LogP contribution in [0.5, 0.6) is 0 Å². The van der Waals surface area contributed by atoms with Gasteiger partial charge in [-0.3, -0.25) is 14.9 Å². The van der Waals surface area contributed by atoms with Crippen LogP contribution in [0.1, 0.15) is 43.0 Å². The highest BCUT2D eigenvalue weighted by atomic mass is 32.1. The zero-order valence-corrected chi connectivity index (χ0v) is 19.2. The molecule has 0 aliphatic carbocycles. The number of ketones is 2. The normalized spacial score (nSPS) is 15.7. The molecule has 2 rings (SSSR count). The summed E-state index contributed by atoms with van der Waals surface area (Å²) in [5.41, 5.74) is 4.30. The van der Waals surface area contributed by atoms with Gasteiger partial charge in [0.05, 0.1) is 4.75 Å². The van der Waals surface area contributed by atoms with Gasteiger partial charge in [-0.1, -0.05) is 60.7 Å². The summed E-state index contributed by atoms with van der Waals surface area (Å²) < 4.78 is -0.639. The molecule has 0 saturated heterocycles. The minimum absolute atomic E-state index is 0.00251. The smallest absolute Gasteiger partial charge is 0.160 e. The van der Waals surface area contributed by atoms with E-state index in [1.807, 2.05) is 61.5 Å². The van der Waals surface area contributed by atoms with E-state index in [1.54, 1.807) is 20.9 Å². The SMILES string of the molecule is CNC(S)(Cc1ccc(/C=C/c2ccc(CC(C)(S)C(C)=O)cc2)cc1)C(C)=O. The van der Waals surface area contributed by atoms with Crippen LogP contribution in [0.25, 0.3) is 12.2 Å². The van der Waals surface area contributed by atoms with Crippen LogP contribution in [0.15, 0.2) is 48.5 Å². The minimum atomic E-state index is -0.843. The van der Waals surface area contributed by atoms with Crippen molar-refractivity contribution in [3.05, 3.63) is 70.8 Å². The lowest BCUT2D eigenvalue weighted by molar-refractivity contribution is -0.120. The third kappa shape index (κ3) is 6.59. The molecule has 2 unspecified atom stereocenters. The molecule has 0 spiro atoms. The van der Waals surface area contributed by atoms with Crippen LogP contribution in [-0.4, -0.2) is 28.2 Å². The number of hydrogen-bond acceptors (Lipinski definition) is 5. The van der Waals surface area contributed by atoms with E-state index in [2.05, 4.69) is 36.7 Å². The molecule has 0 aliphatic heterocycles. The van der Waals surface area contributed by atoms with Gasteiger partial charge in [0.15, 0.2) is 5.78 Å². The molecule has 154 valence electrons. The molecule has 2 aromatic carbocycles. The van der Waals surface area contributed by atoms with E-state index in [-0.39, 0.29) is 11.6 Å². The highest BCUT2D eigenvalue weighted by Gasteiger charge is 2.29. The third-order valence-corrected chi connectivity index (χ3v) is 6.36. The Morgan fingerprint density at radius 1 is 0.828 bits per heavy atom. The molecular formula is C24H29NO2S2. The zero-order valence-electron chi connectivity index (χ0n) is 17.4. The molecule has 1 N–H and O–H groups in total. The lowest BCUT2D eigenvalue weighted by Gasteiger charge is -2.25. The molecule has 0 heterocycles. The number of carbonyl (C=O) groups excluding carboxylic acids is 2. The van der Waals surface area contributed by atoms with Gasteiger partial charge < -0.3 is 0 Å². The number of thiol groups is 2. The topological polar surface area (TPSA) is 46.2 Å². The van der Waals surface area contributed by atoms with E-state index < -0.39 is 9.62 Å². The lowest BCUT2D eigenvalue weighted by atomic mass is 9.96. The fourth-order valence-corrected chi connectivity index (χ4v) is 3.26. The van der Waals surface area contributed by atoms with Crippen molar-refractivity contribution in [3.8, 4) is 0 Å². The summed E-state index contributed by atoms with van der Waals surface area (Å²) in [4.78, 5) is 22.6. The molecule has 0 radical (unpaired) electrons. The molecule has 5 heteroatoms. The Morgan fingerprint density at radius 3 is 1.59 bits per heavy atom. The number of hydrogen-bond donors (Lipinski definition) is 3. The van der Waals surface area contributed by atoms with Crippen molar-refractivity contribution in [3.63, 3.8) is 0 Å². The molecule has 0 bridgehead atoms. The molecular weight excluding hydrogens is 398 g/mol. The minimum Gasteiger partial charge on any atom is -0.300 e. The average Bonchev–Trinajstić information content (AvgIpc) is 2.68. The standard InChI is InChI=1S/C24H29NO2S2/c1-17(26)23(3,28)15-21-11-7-19(8-12-21)5-6-20-9-13-22(14-10-20)16-24(29,25-4)18(2)27/h5-14,25,28-29H,15-16H2,1-4H3/b6-5+. The fourth-order valence-electron chi connectivity index (χ4n) is 2.89. The van der Waals surface area contributed by atoms with Crippen LogP contribution in [0, 0.1) is 0 Å². The van der Waals surface area contributed by atoms with Crippen molar-refractivity contribution in [1.82, 2.24) is 5.32 Å². The number of Topliss-reactive ketones (excluding diaryl/α,β-unsaturated/α-hetero) is 2. The summed E-state index contributed by atoms with van der Waals surface area (Å²) in [6.45, 7) is 4.97. The van der Waals surface area contributed by atoms with Gasteiger partial charge in [0, 0.05) is 6.42 Å². The van der Waals surface area contributed by atoms with Gasteiger partial charge in [-0.2, -0.15) is 12.6 Å². The Bertz CT molecular complexity index is 886. The maximum Gasteiger partial charge on any atom is 0.160 e. The number of nitrogens with one attached hydrogen (secondary N) is 1. The second kappa shape index (κ2) is 9.79. The fraction of sp³-hybridized carbons (Fsp3) is 0.333. The maximum absolute atomic E-state index is 11.8. The monoisotopic (exact) mass is 427 g/mol. The number of carbonyl (C=O) groups is 2. The van der Waals surface area contributed by atoms with Gasteiger partial charge in [0.2, 0.25) is 0 Å². The zero-order chi connectivity index (χ0) is 21.7. The lowest BCUT2D eigenvalue weighted by Crippen LogP contribution is -2.45. The quantitative estimate of drug-likeness (QED) is 0.310. The van der Waals surface area contributed by atoms with E-state index in [9.17, 15) is 9.59 Å². The molecule has 0 amide bonds. The summed E-state index contributed by atoms with van der Waals surface area (Å²) in [5, 5.41) is 2.99. The predicted octanol–water partition coefficient (Wildman–Crippen LogP) is 4.65. The van der Waals surface area contributed by atoms with E-state index >= 15 is 0 Å². The Kier molecular flexibility index (Phi) is 7.92. The summed E-state index contributed by atoms with van der Waals surface area (Å²) in [6, 6.07) is 16.2. The number of rotatable bonds is 9. The Morgan fingerprint density at radius 2 is 1.24 bits per heavy atom. The molecule has 29 heavy (non-hydrogen) atoms. The Hall–Kier alpha value is -1.82. The van der Waals surface area contributed by atoms with Gasteiger partial charge >= 0.3 is 0 Å². The summed E-state index contributed by atoms with van der Waals surface area (Å²) >= 11 is 8.95. The van der Waals surface area contributed by atoms with Crippen LogP contribution < -0.4 is 5.32 Å². The van der Waals surface area contributed by atoms with Crippen molar-refractivity contribution in [2.75, 3.05) is 7.05 Å². The van der Waals surface area contributed by atoms with Gasteiger partial charge in [-0.15, -0.1) is 12.6 Å². The molecule has 2 atom stereocenters. The molecule has 2 aromatic rings. The molecule has 0 saturated carbocycles. The van der Waals surface area contributed by atoms with Crippen molar-refractivity contribution < 1.29 is 9.59 Å². The van der Waals surface area contributed by atoms with E-state index in [1.165, 1.54) is 0 Å². The molecule has 0 aromatic heterocycles. The first-order chi connectivity index (χ1) is 13.6. The highest BCUT2D eigenvalue weighted by molar-refractivity contribution is 7.83. The van der Waals surface area contributed by atoms with Crippen LogP contribution in [-0.2, 0) is 22.4 Å². The highest BCUT2D eigenvalue weighted by Crippen LogP contribution is 2.22. The molecule has 0 fully saturated rings. The second-order valence-corrected chi connectivity index (χ2v) is 9.42. The first-order valence-electron chi connectivity index (χ1n) is 9.57. The van der Waals surface area contributed by atoms with Crippen molar-refractivity contribution in [2.45, 2.75) is 43.2 Å². The summed E-state index contributed by atoms with van der Waals surface area (Å²) in [6.07, 6.45) is 5.23. The van der Waals surface area contributed by atoms with Crippen LogP contribution >= 0.6 is 25.3 Å². The number of likely N-dealkylation sites (N-methyl/N-ethyl adjacent to an activating group) is 1. The molecule has 0 aliphatic rings. The van der Waals surface area contributed by atoms with Crippen molar-refractivity contribution in [2.24, 2.45) is 0 Å². The Labute approximate surface area is 184 Å². The third-order valence-electron chi connectivity index (χ3n) is 5.19. The van der Waals surface area contributed by atoms with Gasteiger partial charge in [-0.05, 0) is 56.5 Å². The first kappa shape index (κ1) is 23.5. The predicted molar refractivity (Wildman–Crippen MR) is 129 cm³/mol. The molecule has 3 nitrogen and oxygen atoms in total. The van der Waals surface area contributed by atoms with Crippen molar-refractivity contribution in [1.29, 1.82) is 0 Å². The second-order valence-electron chi connectivity index (χ2n) is 7.67. The maximum atomic E-state index is 11.8. The van der Waals surface area contributed by atoms with E-state index in [4.69, 9.17) is 0 Å².